The fraction of sp³-hybridized carbons (Fsp3) is 0.417. The standard InChI is InChI=1S/C36H45N2/c1-3-4-5-6-7-8-9-10-11-13-26-38(28-33-18-12-14-25-37(33)2)27-32-22-21-31-20-19-29-16-15-17-30-23-24-34(32)36(31)35(29)30/h12,14-25H,3-11,13,26-28H2,1-2H3/q+1. The minimum atomic E-state index is 0.983. The van der Waals surface area contributed by atoms with Gasteiger partial charge in [0.1, 0.15) is 7.05 Å². The van der Waals surface area contributed by atoms with E-state index < -0.39 is 0 Å². The molecular formula is C36H45N2+. The first kappa shape index (κ1) is 26.6. The molecule has 0 aliphatic heterocycles. The van der Waals surface area contributed by atoms with Crippen LogP contribution in [0.2, 0.25) is 0 Å². The van der Waals surface area contributed by atoms with E-state index in [4.69, 9.17) is 0 Å². The summed E-state index contributed by atoms with van der Waals surface area (Å²) in [6.45, 7) is 5.41. The highest BCUT2D eigenvalue weighted by molar-refractivity contribution is 6.23. The van der Waals surface area contributed by atoms with E-state index in [-0.39, 0.29) is 0 Å². The topological polar surface area (TPSA) is 7.12 Å². The van der Waals surface area contributed by atoms with Gasteiger partial charge in [0.15, 0.2) is 11.9 Å². The van der Waals surface area contributed by atoms with Gasteiger partial charge in [-0.15, -0.1) is 0 Å². The monoisotopic (exact) mass is 505 g/mol. The van der Waals surface area contributed by atoms with Gasteiger partial charge in [0, 0.05) is 18.7 Å². The van der Waals surface area contributed by atoms with E-state index in [1.807, 2.05) is 0 Å². The number of nitrogens with zero attached hydrogens (tertiary/aromatic N) is 2. The fourth-order valence-electron chi connectivity index (χ4n) is 6.16. The SMILES string of the molecule is CCCCCCCCCCCCN(Cc1ccc2ccc3cccc4ccc1c2c34)Cc1cccc[n+]1C. The van der Waals surface area contributed by atoms with E-state index in [0.29, 0.717) is 0 Å². The molecule has 0 amide bonds. The number of aromatic nitrogens is 1. The Balaban J connectivity index is 1.29. The van der Waals surface area contributed by atoms with Gasteiger partial charge in [-0.1, -0.05) is 125 Å². The quantitative estimate of drug-likeness (QED) is 0.0781. The zero-order valence-corrected chi connectivity index (χ0v) is 23.6. The Morgan fingerprint density at radius 2 is 1.21 bits per heavy atom. The Morgan fingerprint density at radius 1 is 0.579 bits per heavy atom. The molecule has 198 valence electrons. The molecule has 1 heterocycles. The molecule has 2 nitrogen and oxygen atoms in total. The van der Waals surface area contributed by atoms with Gasteiger partial charge >= 0.3 is 0 Å². The lowest BCUT2D eigenvalue weighted by Crippen LogP contribution is -2.37. The van der Waals surface area contributed by atoms with Crippen LogP contribution in [0.4, 0.5) is 0 Å². The minimum Gasteiger partial charge on any atom is -0.289 e. The van der Waals surface area contributed by atoms with Crippen LogP contribution in [0.3, 0.4) is 0 Å². The average Bonchev–Trinajstić information content (AvgIpc) is 2.94. The van der Waals surface area contributed by atoms with E-state index in [0.717, 1.165) is 19.6 Å². The first-order chi connectivity index (χ1) is 18.7. The zero-order valence-electron chi connectivity index (χ0n) is 23.6. The van der Waals surface area contributed by atoms with Gasteiger partial charge in [0.2, 0.25) is 0 Å². The van der Waals surface area contributed by atoms with Crippen LogP contribution in [0.25, 0.3) is 32.3 Å². The van der Waals surface area contributed by atoms with Crippen LogP contribution in [0, 0.1) is 0 Å². The molecular weight excluding hydrogens is 460 g/mol. The van der Waals surface area contributed by atoms with Crippen molar-refractivity contribution >= 4 is 32.3 Å². The van der Waals surface area contributed by atoms with Gasteiger partial charge in [0.25, 0.3) is 0 Å². The molecule has 0 saturated heterocycles. The molecule has 0 radical (unpaired) electrons. The maximum Gasteiger partial charge on any atom is 0.195 e. The van der Waals surface area contributed by atoms with E-state index in [2.05, 4.69) is 102 Å². The summed E-state index contributed by atoms with van der Waals surface area (Å²) in [6, 6.07) is 27.2. The lowest BCUT2D eigenvalue weighted by atomic mass is 9.92. The van der Waals surface area contributed by atoms with Crippen molar-refractivity contribution in [3.63, 3.8) is 0 Å². The molecule has 38 heavy (non-hydrogen) atoms. The molecule has 0 bridgehead atoms. The Labute approximate surface area is 229 Å². The molecule has 0 fully saturated rings. The molecule has 0 N–H and O–H groups in total. The smallest absolute Gasteiger partial charge is 0.195 e. The molecule has 2 heteroatoms. The van der Waals surface area contributed by atoms with Crippen molar-refractivity contribution in [3.05, 3.63) is 90.3 Å². The van der Waals surface area contributed by atoms with Crippen LogP contribution in [0.15, 0.2) is 79.0 Å². The minimum absolute atomic E-state index is 0.983. The van der Waals surface area contributed by atoms with Crippen molar-refractivity contribution in [1.82, 2.24) is 4.90 Å². The Hall–Kier alpha value is -2.97. The molecule has 0 saturated carbocycles. The number of hydrogen-bond acceptors (Lipinski definition) is 1. The first-order valence-electron chi connectivity index (χ1n) is 15.1. The predicted octanol–water partition coefficient (Wildman–Crippen LogP) is 9.33. The van der Waals surface area contributed by atoms with Crippen LogP contribution in [-0.4, -0.2) is 11.4 Å². The predicted molar refractivity (Wildman–Crippen MR) is 164 cm³/mol. The maximum atomic E-state index is 2.67. The van der Waals surface area contributed by atoms with Gasteiger partial charge in [0.05, 0.1) is 6.54 Å². The van der Waals surface area contributed by atoms with Crippen molar-refractivity contribution in [2.45, 2.75) is 84.2 Å². The number of pyridine rings is 1. The highest BCUT2D eigenvalue weighted by atomic mass is 15.1. The summed E-state index contributed by atoms with van der Waals surface area (Å²) in [6.07, 6.45) is 16.0. The third-order valence-corrected chi connectivity index (χ3v) is 8.39. The molecule has 0 aliphatic rings. The van der Waals surface area contributed by atoms with Crippen LogP contribution in [0.1, 0.15) is 82.4 Å². The van der Waals surface area contributed by atoms with Crippen LogP contribution >= 0.6 is 0 Å². The number of rotatable bonds is 15. The summed E-state index contributed by atoms with van der Waals surface area (Å²) in [5.74, 6) is 0. The fourth-order valence-corrected chi connectivity index (χ4v) is 6.16. The third kappa shape index (κ3) is 6.35. The molecule has 0 unspecified atom stereocenters. The third-order valence-electron chi connectivity index (χ3n) is 8.39. The van der Waals surface area contributed by atoms with Gasteiger partial charge in [-0.3, -0.25) is 4.90 Å². The number of unbranched alkanes of at least 4 members (excludes halogenated alkanes) is 9. The lowest BCUT2D eigenvalue weighted by Gasteiger charge is -2.23. The normalized spacial score (nSPS) is 12.0. The van der Waals surface area contributed by atoms with Gasteiger partial charge in [-0.05, 0) is 50.8 Å². The molecule has 5 aromatic rings. The second kappa shape index (κ2) is 13.2. The molecule has 4 aromatic carbocycles. The van der Waals surface area contributed by atoms with Gasteiger partial charge in [-0.2, -0.15) is 0 Å². The number of hydrogen-bond donors (Lipinski definition) is 0. The van der Waals surface area contributed by atoms with Crippen molar-refractivity contribution in [1.29, 1.82) is 0 Å². The average molecular weight is 506 g/mol. The molecule has 1 aromatic heterocycles. The number of benzene rings is 4. The van der Waals surface area contributed by atoms with Gasteiger partial charge in [-0.25, -0.2) is 4.57 Å². The van der Waals surface area contributed by atoms with E-state index in [9.17, 15) is 0 Å². The summed E-state index contributed by atoms with van der Waals surface area (Å²) in [4.78, 5) is 2.67. The largest absolute Gasteiger partial charge is 0.289 e. The summed E-state index contributed by atoms with van der Waals surface area (Å²) in [7, 11) is 2.17. The molecule has 0 aliphatic carbocycles. The number of aryl methyl sites for hydroxylation is 1. The summed E-state index contributed by atoms with van der Waals surface area (Å²) in [5.41, 5.74) is 2.82. The van der Waals surface area contributed by atoms with E-state index >= 15 is 0 Å². The van der Waals surface area contributed by atoms with Crippen molar-refractivity contribution in [2.75, 3.05) is 6.54 Å². The lowest BCUT2D eigenvalue weighted by molar-refractivity contribution is -0.680. The van der Waals surface area contributed by atoms with E-state index in [1.165, 1.54) is 108 Å². The van der Waals surface area contributed by atoms with E-state index in [1.54, 1.807) is 0 Å². The Morgan fingerprint density at radius 3 is 1.92 bits per heavy atom. The second-order valence-corrected chi connectivity index (χ2v) is 11.3. The Kier molecular flexibility index (Phi) is 9.25. The second-order valence-electron chi connectivity index (χ2n) is 11.3. The Bertz CT molecular complexity index is 1420. The molecule has 0 atom stereocenters. The molecule has 5 rings (SSSR count). The maximum absolute atomic E-state index is 2.67. The van der Waals surface area contributed by atoms with Crippen molar-refractivity contribution < 1.29 is 4.57 Å². The van der Waals surface area contributed by atoms with Crippen LogP contribution in [-0.2, 0) is 20.1 Å². The van der Waals surface area contributed by atoms with Crippen molar-refractivity contribution in [2.24, 2.45) is 7.05 Å². The highest BCUT2D eigenvalue weighted by Gasteiger charge is 2.16. The molecule has 0 spiro atoms. The summed E-state index contributed by atoms with van der Waals surface area (Å²) >= 11 is 0. The van der Waals surface area contributed by atoms with Crippen molar-refractivity contribution in [3.8, 4) is 0 Å². The van der Waals surface area contributed by atoms with Crippen LogP contribution < -0.4 is 4.57 Å². The van der Waals surface area contributed by atoms with Crippen LogP contribution in [0.5, 0.6) is 0 Å². The summed E-state index contributed by atoms with van der Waals surface area (Å²) < 4.78 is 2.27. The van der Waals surface area contributed by atoms with Gasteiger partial charge < -0.3 is 0 Å². The zero-order chi connectivity index (χ0) is 26.2. The summed E-state index contributed by atoms with van der Waals surface area (Å²) in [5, 5.41) is 8.30. The highest BCUT2D eigenvalue weighted by Crippen LogP contribution is 2.36. The first-order valence-corrected chi connectivity index (χ1v) is 15.1.